The van der Waals surface area contributed by atoms with E-state index in [0.717, 1.165) is 12.8 Å². The Morgan fingerprint density at radius 3 is 2.67 bits per heavy atom. The molecule has 2 aromatic heterocycles. The lowest BCUT2D eigenvalue weighted by Crippen LogP contribution is -2.37. The van der Waals surface area contributed by atoms with E-state index in [4.69, 9.17) is 10.5 Å². The third-order valence-electron chi connectivity index (χ3n) is 6.99. The Morgan fingerprint density at radius 2 is 2.03 bits per heavy atom. The Morgan fingerprint density at radius 1 is 1.26 bits per heavy atom. The number of amides is 2. The topological polar surface area (TPSA) is 120 Å². The van der Waals surface area contributed by atoms with Crippen molar-refractivity contribution in [3.05, 3.63) is 40.8 Å². The summed E-state index contributed by atoms with van der Waals surface area (Å²) in [6, 6.07) is 0.797. The number of hydrogen-bond donors (Lipinski definition) is 2. The highest BCUT2D eigenvalue weighted by atomic mass is 19.1. The number of methoxy groups -OCH3 is 1. The summed E-state index contributed by atoms with van der Waals surface area (Å²) in [6.45, 7) is 2.12. The van der Waals surface area contributed by atoms with Gasteiger partial charge in [0.05, 0.1) is 36.1 Å². The zero-order valence-corrected chi connectivity index (χ0v) is 21.7. The highest BCUT2D eigenvalue weighted by molar-refractivity contribution is 6.00. The molecule has 3 heterocycles. The number of benzene rings is 1. The Kier molecular flexibility index (Phi) is 6.98. The minimum absolute atomic E-state index is 0.0219. The van der Waals surface area contributed by atoms with Crippen LogP contribution in [0.25, 0.3) is 11.0 Å². The second-order valence-electron chi connectivity index (χ2n) is 9.51. The summed E-state index contributed by atoms with van der Waals surface area (Å²) >= 11 is 0. The molecule has 0 radical (unpaired) electrons. The van der Waals surface area contributed by atoms with Gasteiger partial charge < -0.3 is 25.3 Å². The first-order valence-corrected chi connectivity index (χ1v) is 12.5. The van der Waals surface area contributed by atoms with Crippen molar-refractivity contribution in [2.75, 3.05) is 32.6 Å². The molecule has 0 spiro atoms. The molecule has 2 atom stereocenters. The van der Waals surface area contributed by atoms with Crippen LogP contribution in [0.5, 0.6) is 0 Å². The number of halogens is 2. The molecule has 2 aliphatic rings. The molecule has 1 aliphatic heterocycles. The summed E-state index contributed by atoms with van der Waals surface area (Å²) in [4.78, 5) is 30.7. The number of ether oxygens (including phenoxy) is 1. The van der Waals surface area contributed by atoms with Crippen LogP contribution in [0.15, 0.2) is 12.4 Å². The molecule has 10 nitrogen and oxygen atoms in total. The van der Waals surface area contributed by atoms with Crippen LogP contribution in [0.3, 0.4) is 0 Å². The zero-order valence-electron chi connectivity index (χ0n) is 21.7. The van der Waals surface area contributed by atoms with Crippen LogP contribution in [-0.2, 0) is 9.53 Å². The van der Waals surface area contributed by atoms with E-state index < -0.39 is 23.1 Å². The second kappa shape index (κ2) is 10.4. The smallest absolute Gasteiger partial charge is 0.298 e. The van der Waals surface area contributed by atoms with Crippen LogP contribution < -0.4 is 11.1 Å². The van der Waals surface area contributed by atoms with E-state index in [-0.39, 0.29) is 59.8 Å². The van der Waals surface area contributed by atoms with Crippen LogP contribution in [-0.4, -0.2) is 69.4 Å². The van der Waals surface area contributed by atoms with Gasteiger partial charge in [0, 0.05) is 32.8 Å². The average molecular weight is 536 g/mol. The van der Waals surface area contributed by atoms with Crippen LogP contribution in [0.2, 0.25) is 0 Å². The molecule has 12 heteroatoms. The van der Waals surface area contributed by atoms with E-state index in [1.807, 2.05) is 0 Å². The lowest BCUT2D eigenvalue weighted by atomic mass is 10.1. The van der Waals surface area contributed by atoms with Gasteiger partial charge in [0.25, 0.3) is 11.8 Å². The van der Waals surface area contributed by atoms with Gasteiger partial charge in [-0.25, -0.2) is 18.4 Å². The normalized spacial score (nSPS) is 18.4. The van der Waals surface area contributed by atoms with Gasteiger partial charge in [0.2, 0.25) is 0 Å². The van der Waals surface area contributed by atoms with E-state index >= 15 is 8.78 Å². The molecule has 3 N–H and O–H groups in total. The van der Waals surface area contributed by atoms with Crippen molar-refractivity contribution in [3.63, 3.8) is 0 Å². The summed E-state index contributed by atoms with van der Waals surface area (Å²) in [5.74, 6) is 7.71. The molecule has 1 saturated heterocycles. The maximum Gasteiger partial charge on any atom is 0.298 e. The van der Waals surface area contributed by atoms with Gasteiger partial charge in [-0.2, -0.15) is 5.10 Å². The summed E-state index contributed by atoms with van der Waals surface area (Å²) in [7, 11) is 3.13. The van der Waals surface area contributed by atoms with Gasteiger partial charge in [-0.1, -0.05) is 11.8 Å². The zero-order chi connectivity index (χ0) is 27.8. The first-order chi connectivity index (χ1) is 18.8. The predicted octanol–water partition coefficient (Wildman–Crippen LogP) is 2.20. The first kappa shape index (κ1) is 26.2. The molecule has 1 unspecified atom stereocenters. The fourth-order valence-corrected chi connectivity index (χ4v) is 5.08. The minimum atomic E-state index is -0.879. The quantitative estimate of drug-likeness (QED) is 0.467. The lowest BCUT2D eigenvalue weighted by molar-refractivity contribution is -0.126. The van der Waals surface area contributed by atoms with Crippen molar-refractivity contribution >= 4 is 28.7 Å². The van der Waals surface area contributed by atoms with Gasteiger partial charge in [-0.05, 0) is 38.0 Å². The number of primary amides is 1. The fourth-order valence-electron chi connectivity index (χ4n) is 5.08. The van der Waals surface area contributed by atoms with Gasteiger partial charge >= 0.3 is 0 Å². The molecule has 0 bridgehead atoms. The second-order valence-corrected chi connectivity index (χ2v) is 9.51. The first-order valence-electron chi connectivity index (χ1n) is 12.5. The number of nitrogens with zero attached hydrogens (tertiary/aromatic N) is 5. The number of nitrogens with one attached hydrogen (secondary N) is 1. The molecule has 3 aromatic rings. The molecule has 202 valence electrons. The van der Waals surface area contributed by atoms with E-state index in [1.54, 1.807) is 30.5 Å². The summed E-state index contributed by atoms with van der Waals surface area (Å²) < 4.78 is 38.9. The SMILES string of the molecule is CC#CC(=O)N1CC(n2nc(C#Cc3c(F)cc4c(ncn4C4CC4)c3F)c(C(N)=O)c2NC)C[C@@H]1COC. The standard InChI is InChI=1S/C27H27F2N7O3/c1-4-5-22(37)34-12-16(10-17(34)13-39-3)36-27(31-2)23(26(30)38)20(33-36)9-8-18-19(28)11-21-25(24(18)29)32-14-35(21)15-6-7-15/h11,14-17,31H,6-7,10,12-13H2,1-3H3,(H2,30,38)/t16?,17-/m1/s1. The van der Waals surface area contributed by atoms with Crippen LogP contribution in [0.4, 0.5) is 14.6 Å². The molecule has 2 amide bonds. The van der Waals surface area contributed by atoms with E-state index in [9.17, 15) is 9.59 Å². The van der Waals surface area contributed by atoms with Crippen molar-refractivity contribution in [2.24, 2.45) is 5.73 Å². The number of carbonyl (C=O) groups is 2. The summed E-state index contributed by atoms with van der Waals surface area (Å²) in [6.07, 6.45) is 3.85. The number of hydrogen-bond acceptors (Lipinski definition) is 6. The third kappa shape index (κ3) is 4.68. The predicted molar refractivity (Wildman–Crippen MR) is 139 cm³/mol. The van der Waals surface area contributed by atoms with Crippen molar-refractivity contribution in [1.29, 1.82) is 0 Å². The van der Waals surface area contributed by atoms with Crippen molar-refractivity contribution in [1.82, 2.24) is 24.2 Å². The fraction of sp³-hybridized carbons (Fsp3) is 0.407. The number of aromatic nitrogens is 4. The Balaban J connectivity index is 1.54. The van der Waals surface area contributed by atoms with Crippen molar-refractivity contribution in [3.8, 4) is 23.7 Å². The molecule has 1 saturated carbocycles. The van der Waals surface area contributed by atoms with E-state index in [1.165, 1.54) is 17.1 Å². The lowest BCUT2D eigenvalue weighted by Gasteiger charge is -2.21. The molecular formula is C27H27F2N7O3. The summed E-state index contributed by atoms with van der Waals surface area (Å²) in [5.41, 5.74) is 5.52. The van der Waals surface area contributed by atoms with Gasteiger partial charge in [-0.15, -0.1) is 0 Å². The molecule has 5 rings (SSSR count). The number of carbonyl (C=O) groups excluding carboxylic acids is 2. The molecule has 1 aliphatic carbocycles. The highest BCUT2D eigenvalue weighted by Gasteiger charge is 2.38. The third-order valence-corrected chi connectivity index (χ3v) is 6.99. The number of imidazole rings is 1. The Bertz CT molecular complexity index is 1600. The summed E-state index contributed by atoms with van der Waals surface area (Å²) in [5, 5.41) is 7.42. The van der Waals surface area contributed by atoms with Crippen molar-refractivity contribution in [2.45, 2.75) is 44.3 Å². The maximum absolute atomic E-state index is 15.3. The monoisotopic (exact) mass is 535 g/mol. The highest BCUT2D eigenvalue weighted by Crippen LogP contribution is 2.38. The number of fused-ring (bicyclic) bond motifs is 1. The maximum atomic E-state index is 15.3. The van der Waals surface area contributed by atoms with Crippen molar-refractivity contribution < 1.29 is 23.1 Å². The Labute approximate surface area is 223 Å². The molecule has 39 heavy (non-hydrogen) atoms. The van der Waals surface area contributed by atoms with Gasteiger partial charge in [-0.3, -0.25) is 9.59 Å². The number of nitrogens with two attached hydrogens (primary N) is 1. The molecule has 1 aromatic carbocycles. The van der Waals surface area contributed by atoms with Crippen LogP contribution in [0, 0.1) is 35.3 Å². The van der Waals surface area contributed by atoms with Gasteiger partial charge in [0.1, 0.15) is 22.7 Å². The van der Waals surface area contributed by atoms with Gasteiger partial charge in [0.15, 0.2) is 11.5 Å². The minimum Gasteiger partial charge on any atom is -0.383 e. The Hall–Kier alpha value is -4.42. The van der Waals surface area contributed by atoms with Crippen LogP contribution >= 0.6 is 0 Å². The average Bonchev–Trinajstić information content (AvgIpc) is 3.34. The number of rotatable bonds is 6. The van der Waals surface area contributed by atoms with Crippen LogP contribution in [0.1, 0.15) is 59.9 Å². The molecule has 2 fully saturated rings. The number of anilines is 1. The largest absolute Gasteiger partial charge is 0.383 e. The number of likely N-dealkylation sites (tertiary alicyclic amines) is 1. The molecular weight excluding hydrogens is 508 g/mol. The van der Waals surface area contributed by atoms with E-state index in [0.29, 0.717) is 11.9 Å². The van der Waals surface area contributed by atoms with E-state index in [2.05, 4.69) is 39.1 Å².